The normalized spacial score (nSPS) is 32.3. The maximum atomic E-state index is 13.6. The molecule has 3 aromatic rings. The van der Waals surface area contributed by atoms with Crippen molar-refractivity contribution < 1.29 is 64.2 Å². The third-order valence-corrected chi connectivity index (χ3v) is 6.83. The van der Waals surface area contributed by atoms with Gasteiger partial charge in [-0.3, -0.25) is 4.79 Å². The van der Waals surface area contributed by atoms with Gasteiger partial charge in [-0.1, -0.05) is 0 Å². The lowest BCUT2D eigenvalue weighted by molar-refractivity contribution is -0.268. The van der Waals surface area contributed by atoms with Gasteiger partial charge in [0.15, 0.2) is 5.76 Å². The predicted molar refractivity (Wildman–Crippen MR) is 133 cm³/mol. The van der Waals surface area contributed by atoms with E-state index in [9.17, 15) is 45.6 Å². The molecule has 0 saturated carbocycles. The molecular formula is C26H28O14. The Morgan fingerprint density at radius 3 is 2.12 bits per heavy atom. The van der Waals surface area contributed by atoms with E-state index in [-0.39, 0.29) is 33.8 Å². The van der Waals surface area contributed by atoms with Gasteiger partial charge in [0.1, 0.15) is 64.8 Å². The first-order valence-corrected chi connectivity index (χ1v) is 12.3. The maximum absolute atomic E-state index is 13.6. The summed E-state index contributed by atoms with van der Waals surface area (Å²) in [5.41, 5.74) is -0.857. The zero-order chi connectivity index (χ0) is 28.9. The van der Waals surface area contributed by atoms with Gasteiger partial charge in [0, 0.05) is 17.7 Å². The summed E-state index contributed by atoms with van der Waals surface area (Å²) in [7, 11) is 0. The van der Waals surface area contributed by atoms with Gasteiger partial charge in [-0.15, -0.1) is 0 Å². The van der Waals surface area contributed by atoms with Crippen LogP contribution in [0.1, 0.15) is 6.92 Å². The van der Waals surface area contributed by atoms with Gasteiger partial charge < -0.3 is 64.2 Å². The molecule has 8 N–H and O–H groups in total. The van der Waals surface area contributed by atoms with Crippen molar-refractivity contribution in [3.8, 4) is 34.3 Å². The van der Waals surface area contributed by atoms with Crippen LogP contribution in [0, 0.1) is 0 Å². The molecule has 0 amide bonds. The fourth-order valence-electron chi connectivity index (χ4n) is 4.56. The van der Waals surface area contributed by atoms with Crippen molar-refractivity contribution in [1.82, 2.24) is 0 Å². The number of aromatic hydroxyl groups is 2. The zero-order valence-electron chi connectivity index (χ0n) is 20.9. The molecule has 2 aromatic carbocycles. The summed E-state index contributed by atoms with van der Waals surface area (Å²) in [5.74, 6) is -1.54. The fourth-order valence-corrected chi connectivity index (χ4v) is 4.56. The van der Waals surface area contributed by atoms with Crippen LogP contribution in [0.25, 0.3) is 22.3 Å². The SMILES string of the molecule is C[C@H]1O[C@@H](Oc2cc(O)c3c(=O)c(O[C@H]4O[C@H](CO)[C@H](O)[C@@H]4O)c(-c4ccc(O)cc4)oc3c2)[C@H](O)[C@@H](O)[C@H]1O. The molecule has 2 saturated heterocycles. The van der Waals surface area contributed by atoms with Gasteiger partial charge in [-0.25, -0.2) is 0 Å². The molecule has 5 rings (SSSR count). The summed E-state index contributed by atoms with van der Waals surface area (Å²) in [6.07, 6.45) is -12.8. The monoisotopic (exact) mass is 564 g/mol. The van der Waals surface area contributed by atoms with Crippen LogP contribution in [0.3, 0.4) is 0 Å². The maximum Gasteiger partial charge on any atom is 0.239 e. The summed E-state index contributed by atoms with van der Waals surface area (Å²) in [6, 6.07) is 7.70. The third-order valence-electron chi connectivity index (χ3n) is 6.83. The number of ether oxygens (including phenoxy) is 4. The van der Waals surface area contributed by atoms with Crippen LogP contribution < -0.4 is 14.9 Å². The molecule has 2 aliphatic heterocycles. The molecule has 14 heteroatoms. The van der Waals surface area contributed by atoms with E-state index < -0.39 is 78.8 Å². The number of benzene rings is 2. The molecular weight excluding hydrogens is 536 g/mol. The third kappa shape index (κ3) is 4.95. The van der Waals surface area contributed by atoms with E-state index in [1.807, 2.05) is 0 Å². The molecule has 0 unspecified atom stereocenters. The summed E-state index contributed by atoms with van der Waals surface area (Å²) >= 11 is 0. The number of phenols is 2. The molecule has 2 fully saturated rings. The molecule has 2 aliphatic rings. The minimum Gasteiger partial charge on any atom is -0.508 e. The second-order valence-electron chi connectivity index (χ2n) is 9.58. The first-order valence-electron chi connectivity index (χ1n) is 12.3. The lowest BCUT2D eigenvalue weighted by Gasteiger charge is -2.38. The summed E-state index contributed by atoms with van der Waals surface area (Å²) in [5, 5.41) is 80.2. The van der Waals surface area contributed by atoms with Gasteiger partial charge in [0.2, 0.25) is 23.8 Å². The van der Waals surface area contributed by atoms with Crippen molar-refractivity contribution in [3.05, 3.63) is 46.6 Å². The predicted octanol–water partition coefficient (Wildman–Crippen LogP) is -1.10. The molecule has 0 radical (unpaired) electrons. The van der Waals surface area contributed by atoms with Gasteiger partial charge in [-0.05, 0) is 31.2 Å². The van der Waals surface area contributed by atoms with Crippen molar-refractivity contribution in [1.29, 1.82) is 0 Å². The minimum atomic E-state index is -1.64. The Labute approximate surface area is 225 Å². The van der Waals surface area contributed by atoms with Crippen molar-refractivity contribution in [2.24, 2.45) is 0 Å². The highest BCUT2D eigenvalue weighted by Crippen LogP contribution is 2.38. The van der Waals surface area contributed by atoms with Gasteiger partial charge in [0.05, 0.1) is 12.7 Å². The number of fused-ring (bicyclic) bond motifs is 1. The topological polar surface area (TPSA) is 229 Å². The Hall–Kier alpha value is -3.47. The number of phenolic OH excluding ortho intramolecular Hbond substituents is 2. The van der Waals surface area contributed by atoms with E-state index in [1.165, 1.54) is 37.3 Å². The molecule has 216 valence electrons. The summed E-state index contributed by atoms with van der Waals surface area (Å²) in [4.78, 5) is 13.6. The van der Waals surface area contributed by atoms with Crippen LogP contribution in [0.2, 0.25) is 0 Å². The molecule has 14 nitrogen and oxygen atoms in total. The Balaban J connectivity index is 1.58. The average Bonchev–Trinajstić information content (AvgIpc) is 3.20. The lowest BCUT2D eigenvalue weighted by atomic mass is 10.00. The molecule has 40 heavy (non-hydrogen) atoms. The van der Waals surface area contributed by atoms with Gasteiger partial charge in [0.25, 0.3) is 0 Å². The van der Waals surface area contributed by atoms with Crippen LogP contribution in [0.15, 0.2) is 45.6 Å². The number of hydrogen-bond donors (Lipinski definition) is 8. The van der Waals surface area contributed by atoms with Crippen molar-refractivity contribution in [3.63, 3.8) is 0 Å². The largest absolute Gasteiger partial charge is 0.508 e. The highest BCUT2D eigenvalue weighted by Gasteiger charge is 2.45. The lowest BCUT2D eigenvalue weighted by Crippen LogP contribution is -2.58. The molecule has 3 heterocycles. The van der Waals surface area contributed by atoms with Crippen molar-refractivity contribution in [2.45, 2.75) is 62.2 Å². The molecule has 0 bridgehead atoms. The highest BCUT2D eigenvalue weighted by molar-refractivity contribution is 5.88. The smallest absolute Gasteiger partial charge is 0.239 e. The van der Waals surface area contributed by atoms with Crippen LogP contribution in [-0.4, -0.2) is 103 Å². The Morgan fingerprint density at radius 2 is 1.48 bits per heavy atom. The molecule has 0 spiro atoms. The van der Waals surface area contributed by atoms with E-state index in [1.54, 1.807) is 0 Å². The first-order chi connectivity index (χ1) is 19.0. The number of hydrogen-bond acceptors (Lipinski definition) is 14. The quantitative estimate of drug-likeness (QED) is 0.178. The Kier molecular flexibility index (Phi) is 7.60. The van der Waals surface area contributed by atoms with Crippen LogP contribution in [0.4, 0.5) is 0 Å². The van der Waals surface area contributed by atoms with E-state index in [2.05, 4.69) is 0 Å². The van der Waals surface area contributed by atoms with E-state index in [4.69, 9.17) is 23.4 Å². The van der Waals surface area contributed by atoms with E-state index >= 15 is 0 Å². The van der Waals surface area contributed by atoms with Crippen molar-refractivity contribution in [2.75, 3.05) is 6.61 Å². The van der Waals surface area contributed by atoms with Crippen molar-refractivity contribution >= 4 is 11.0 Å². The fraction of sp³-hybridized carbons (Fsp3) is 0.423. The Morgan fingerprint density at radius 1 is 0.825 bits per heavy atom. The molecule has 9 atom stereocenters. The van der Waals surface area contributed by atoms with Crippen LogP contribution in [0.5, 0.6) is 23.0 Å². The van der Waals surface area contributed by atoms with E-state index in [0.29, 0.717) is 0 Å². The second kappa shape index (κ2) is 10.8. The summed E-state index contributed by atoms with van der Waals surface area (Å²) < 4.78 is 27.9. The second-order valence-corrected chi connectivity index (χ2v) is 9.58. The highest BCUT2D eigenvalue weighted by atomic mass is 16.7. The number of rotatable bonds is 6. The standard InChI is InChI=1S/C26H28O14/c1-9-17(30)20(33)22(35)25(36-9)37-12-6-13(29)16-14(7-12)38-23(10-2-4-11(28)5-3-10)24(19(16)32)40-26-21(34)18(31)15(8-27)39-26/h2-7,9,15,17-18,20-22,25-31,33-35H,8H2,1H3/t9-,15-,17+,18+,20+,21+,22-,25+,26-/m1/s1. The zero-order valence-corrected chi connectivity index (χ0v) is 20.9. The van der Waals surface area contributed by atoms with Gasteiger partial charge in [-0.2, -0.15) is 0 Å². The summed E-state index contributed by atoms with van der Waals surface area (Å²) in [6.45, 7) is 0.832. The average molecular weight is 564 g/mol. The first kappa shape index (κ1) is 28.1. The van der Waals surface area contributed by atoms with E-state index in [0.717, 1.165) is 6.07 Å². The number of aliphatic hydroxyl groups is 6. The minimum absolute atomic E-state index is 0.0845. The molecule has 1 aromatic heterocycles. The van der Waals surface area contributed by atoms with Gasteiger partial charge >= 0.3 is 0 Å². The Bertz CT molecular complexity index is 1420. The number of aliphatic hydroxyl groups excluding tert-OH is 6. The molecule has 0 aliphatic carbocycles. The van der Waals surface area contributed by atoms with Crippen LogP contribution >= 0.6 is 0 Å². The van der Waals surface area contributed by atoms with Crippen LogP contribution in [-0.2, 0) is 9.47 Å².